The third-order valence-electron chi connectivity index (χ3n) is 10.3. The van der Waals surface area contributed by atoms with Gasteiger partial charge < -0.3 is 29.7 Å². The van der Waals surface area contributed by atoms with Crippen LogP contribution in [0.2, 0.25) is 5.02 Å². The van der Waals surface area contributed by atoms with Crippen molar-refractivity contribution in [3.05, 3.63) is 34.6 Å². The summed E-state index contributed by atoms with van der Waals surface area (Å²) in [7, 11) is 0. The molecule has 3 saturated heterocycles. The van der Waals surface area contributed by atoms with Crippen LogP contribution < -0.4 is 15.1 Å². The fraction of sp³-hybridized carbons (Fsp3) is 0.545. The fourth-order valence-corrected chi connectivity index (χ4v) is 7.52. The summed E-state index contributed by atoms with van der Waals surface area (Å²) in [6, 6.07) is 7.19. The maximum atomic E-state index is 13.9. The Morgan fingerprint density at radius 2 is 1.84 bits per heavy atom. The van der Waals surface area contributed by atoms with Crippen LogP contribution in [0, 0.1) is 28.1 Å². The quantitative estimate of drug-likeness (QED) is 0.366. The molecular weight excluding hydrogens is 666 g/mol. The van der Waals surface area contributed by atoms with E-state index in [1.54, 1.807) is 12.1 Å². The van der Waals surface area contributed by atoms with E-state index in [2.05, 4.69) is 37.4 Å². The number of anilines is 4. The van der Waals surface area contributed by atoms with E-state index in [-0.39, 0.29) is 40.1 Å². The number of hydrogen-bond acceptors (Lipinski definition) is 12. The van der Waals surface area contributed by atoms with Gasteiger partial charge in [-0.3, -0.25) is 14.6 Å². The van der Waals surface area contributed by atoms with Gasteiger partial charge in [0.1, 0.15) is 12.1 Å². The van der Waals surface area contributed by atoms with Crippen LogP contribution in [-0.4, -0.2) is 123 Å². The highest BCUT2D eigenvalue weighted by Gasteiger charge is 2.59. The van der Waals surface area contributed by atoms with Gasteiger partial charge in [-0.25, -0.2) is 9.78 Å². The van der Waals surface area contributed by atoms with Gasteiger partial charge in [-0.2, -0.15) is 20.0 Å². The number of ether oxygens (including phenoxy) is 2. The number of carbonyl (C=O) groups excluding carboxylic acids is 1. The van der Waals surface area contributed by atoms with Crippen molar-refractivity contribution in [1.29, 1.82) is 10.5 Å². The van der Waals surface area contributed by atoms with Gasteiger partial charge in [0.25, 0.3) is 0 Å². The second-order valence-electron chi connectivity index (χ2n) is 14.1. The number of nitriles is 2. The number of benzene rings is 1. The van der Waals surface area contributed by atoms with Crippen molar-refractivity contribution >= 4 is 52.4 Å². The van der Waals surface area contributed by atoms with Crippen molar-refractivity contribution in [3.8, 4) is 12.1 Å². The summed E-state index contributed by atoms with van der Waals surface area (Å²) in [5.41, 5.74) is 0.190. The van der Waals surface area contributed by atoms with E-state index >= 15 is 0 Å². The third-order valence-corrected chi connectivity index (χ3v) is 10.7. The second-order valence-corrected chi connectivity index (χ2v) is 14.4. The number of aromatic nitrogens is 4. The molecule has 50 heavy (non-hydrogen) atoms. The van der Waals surface area contributed by atoms with Crippen molar-refractivity contribution in [2.24, 2.45) is 5.41 Å². The van der Waals surface area contributed by atoms with E-state index in [9.17, 15) is 25.2 Å². The number of morpholine rings is 1. The fourth-order valence-electron chi connectivity index (χ4n) is 7.25. The molecule has 0 radical (unpaired) electrons. The molecule has 1 unspecified atom stereocenters. The van der Waals surface area contributed by atoms with Crippen LogP contribution in [0.4, 0.5) is 27.9 Å². The van der Waals surface area contributed by atoms with Gasteiger partial charge in [-0.1, -0.05) is 32.4 Å². The van der Waals surface area contributed by atoms with Crippen LogP contribution in [0.5, 0.6) is 0 Å². The highest BCUT2D eigenvalue weighted by molar-refractivity contribution is 6.36. The zero-order chi connectivity index (χ0) is 35.4. The molecule has 0 bridgehead atoms. The monoisotopic (exact) mass is 703 g/mol. The van der Waals surface area contributed by atoms with Gasteiger partial charge in [0, 0.05) is 32.7 Å². The lowest BCUT2D eigenvalue weighted by molar-refractivity contribution is -0.148. The maximum absolute atomic E-state index is 13.9. The predicted molar refractivity (Wildman–Crippen MR) is 182 cm³/mol. The molecule has 3 aliphatic heterocycles. The van der Waals surface area contributed by atoms with Gasteiger partial charge in [-0.05, 0) is 30.4 Å². The first-order valence-corrected chi connectivity index (χ1v) is 17.0. The van der Waals surface area contributed by atoms with Crippen LogP contribution >= 0.6 is 11.6 Å². The summed E-state index contributed by atoms with van der Waals surface area (Å²) in [6.45, 7) is 10.6. The van der Waals surface area contributed by atoms with E-state index in [0.717, 1.165) is 0 Å². The molecule has 3 aromatic rings. The highest BCUT2D eigenvalue weighted by Crippen LogP contribution is 2.55. The number of nitrogens with one attached hydrogen (secondary N) is 1. The van der Waals surface area contributed by atoms with Crippen LogP contribution in [0.25, 0.3) is 5.65 Å². The Morgan fingerprint density at radius 1 is 1.10 bits per heavy atom. The summed E-state index contributed by atoms with van der Waals surface area (Å²) >= 11 is 7.09. The number of hydrogen-bond donors (Lipinski definition) is 2. The number of amides is 2. The zero-order valence-corrected chi connectivity index (χ0v) is 28.9. The molecular formula is C33H38ClN11O5. The Balaban J connectivity index is 1.25. The number of imidazole rings is 1. The highest BCUT2D eigenvalue weighted by atomic mass is 35.5. The van der Waals surface area contributed by atoms with E-state index in [0.29, 0.717) is 88.9 Å². The third kappa shape index (κ3) is 5.82. The first kappa shape index (κ1) is 33.7. The smallest absolute Gasteiger partial charge is 0.413 e. The van der Waals surface area contributed by atoms with Gasteiger partial charge in [0.05, 0.1) is 72.2 Å². The number of carbonyl (C=O) groups is 2. The minimum absolute atomic E-state index is 0.0188. The molecule has 16 nitrogen and oxygen atoms in total. The molecule has 1 aromatic carbocycles. The lowest BCUT2D eigenvalue weighted by atomic mass is 9.83. The Labute approximate surface area is 293 Å². The first-order valence-electron chi connectivity index (χ1n) is 16.6. The standard InChI is InChI=1S/C33H38ClN11O5/c1-32(2,3)33(4-5-33)44(31(47)48)28-27-37-16-21(15-36)45(27)40-30(39-28)38-23-12-20(14-35)13-24(26(23)34)42-6-7-43(22-18-50-19-22)25(17-42)29(46)41-8-10-49-11-9-41/h12-13,16,22,25H,4-11,17-19H2,1-3H3,(H,38,40)(H,47,48). The molecule has 262 valence electrons. The molecule has 5 heterocycles. The minimum atomic E-state index is -1.20. The number of rotatable bonds is 7. The van der Waals surface area contributed by atoms with E-state index in [1.165, 1.54) is 15.6 Å². The van der Waals surface area contributed by atoms with Gasteiger partial charge >= 0.3 is 6.09 Å². The second kappa shape index (κ2) is 12.9. The van der Waals surface area contributed by atoms with E-state index in [4.69, 9.17) is 21.1 Å². The number of fused-ring (bicyclic) bond motifs is 1. The van der Waals surface area contributed by atoms with Crippen LogP contribution in [-0.2, 0) is 14.3 Å². The van der Waals surface area contributed by atoms with Crippen molar-refractivity contribution in [2.75, 3.05) is 74.3 Å². The molecule has 2 aromatic heterocycles. The maximum Gasteiger partial charge on any atom is 0.413 e. The predicted octanol–water partition coefficient (Wildman–Crippen LogP) is 3.08. The number of piperazine rings is 1. The molecule has 17 heteroatoms. The summed E-state index contributed by atoms with van der Waals surface area (Å²) in [5.74, 6) is -0.00121. The minimum Gasteiger partial charge on any atom is -0.465 e. The first-order chi connectivity index (χ1) is 24.0. The van der Waals surface area contributed by atoms with Crippen molar-refractivity contribution < 1.29 is 24.2 Å². The zero-order valence-electron chi connectivity index (χ0n) is 28.1. The molecule has 1 saturated carbocycles. The molecule has 2 amide bonds. The number of halogens is 1. The summed E-state index contributed by atoms with van der Waals surface area (Å²) in [6.07, 6.45) is 1.37. The number of nitrogens with zero attached hydrogens (tertiary/aromatic N) is 10. The molecule has 2 N–H and O–H groups in total. The molecule has 7 rings (SSSR count). The topological polar surface area (TPSA) is 188 Å². The lowest BCUT2D eigenvalue weighted by Gasteiger charge is -2.48. The normalized spacial score (nSPS) is 20.9. The van der Waals surface area contributed by atoms with Crippen LogP contribution in [0.15, 0.2) is 18.3 Å². The Kier molecular flexibility index (Phi) is 8.68. The average molecular weight is 704 g/mol. The molecule has 1 aliphatic carbocycles. The summed E-state index contributed by atoms with van der Waals surface area (Å²) < 4.78 is 12.2. The molecule has 1 atom stereocenters. The van der Waals surface area contributed by atoms with Crippen LogP contribution in [0.3, 0.4) is 0 Å². The molecule has 4 fully saturated rings. The Hall–Kier alpha value is -4.74. The van der Waals surface area contributed by atoms with Crippen molar-refractivity contribution in [2.45, 2.75) is 51.2 Å². The van der Waals surface area contributed by atoms with Crippen molar-refractivity contribution in [3.63, 3.8) is 0 Å². The largest absolute Gasteiger partial charge is 0.465 e. The summed E-state index contributed by atoms with van der Waals surface area (Å²) in [5, 5.41) is 38.3. The molecule has 4 aliphatic rings. The van der Waals surface area contributed by atoms with Crippen molar-refractivity contribution in [1.82, 2.24) is 29.4 Å². The lowest BCUT2D eigenvalue weighted by Crippen LogP contribution is -2.66. The van der Waals surface area contributed by atoms with Gasteiger partial charge in [-0.15, -0.1) is 5.10 Å². The SMILES string of the molecule is CC(C)(C)C1(N(C(=O)O)c2nc(Nc3cc(C#N)cc(N4CCN(C5COC5)C(C(=O)N5CCOCC5)C4)c3Cl)nn3c(C#N)cnc23)CC1. The van der Waals surface area contributed by atoms with Gasteiger partial charge in [0.2, 0.25) is 11.9 Å². The van der Waals surface area contributed by atoms with E-state index in [1.807, 2.05) is 30.6 Å². The number of carboxylic acid groups (broad SMARTS) is 1. The van der Waals surface area contributed by atoms with Crippen LogP contribution in [0.1, 0.15) is 44.9 Å². The Bertz CT molecular complexity index is 1920. The molecule has 0 spiro atoms. The summed E-state index contributed by atoms with van der Waals surface area (Å²) in [4.78, 5) is 43.0. The van der Waals surface area contributed by atoms with E-state index < -0.39 is 23.1 Å². The Morgan fingerprint density at radius 3 is 2.44 bits per heavy atom. The average Bonchev–Trinajstić information content (AvgIpc) is 3.78. The van der Waals surface area contributed by atoms with Gasteiger partial charge in [0.15, 0.2) is 17.2 Å².